The van der Waals surface area contributed by atoms with Crippen molar-refractivity contribution in [2.45, 2.75) is 128 Å². The van der Waals surface area contributed by atoms with Gasteiger partial charge in [-0.25, -0.2) is 46.1 Å². The number of sulfone groups is 1. The van der Waals surface area contributed by atoms with E-state index < -0.39 is 80.1 Å². The first-order valence-electron chi connectivity index (χ1n) is 30.3. The Bertz CT molecular complexity index is 4010. The van der Waals surface area contributed by atoms with Crippen LogP contribution in [0.2, 0.25) is 0 Å². The highest BCUT2D eigenvalue weighted by molar-refractivity contribution is 7.90. The molecule has 2 aliphatic heterocycles. The number of aromatic nitrogens is 7. The lowest BCUT2D eigenvalue weighted by Gasteiger charge is -2.35. The number of pyridine rings is 2. The number of nitrogens with zero attached hydrogens (tertiary/aromatic N) is 8. The summed E-state index contributed by atoms with van der Waals surface area (Å²) in [5, 5.41) is 19.6. The number of carbonyl (C=O) groups excluding carboxylic acids is 6. The molecule has 4 aromatic heterocycles. The topological polar surface area (TPSA) is 386 Å². The number of fused-ring (bicyclic) bond motifs is 5. The van der Waals surface area contributed by atoms with Gasteiger partial charge in [0.1, 0.15) is 38.2 Å². The highest BCUT2D eigenvalue weighted by atomic mass is 32.2. The van der Waals surface area contributed by atoms with Crippen molar-refractivity contribution in [3.05, 3.63) is 129 Å². The van der Waals surface area contributed by atoms with Gasteiger partial charge in [0.15, 0.2) is 0 Å². The van der Waals surface area contributed by atoms with E-state index in [1.807, 2.05) is 30.3 Å². The number of cyclic esters (lactones) is 1. The molecule has 6 aromatic rings. The van der Waals surface area contributed by atoms with E-state index in [0.717, 1.165) is 22.8 Å². The monoisotopic (exact) mass is 1320 g/mol. The fourth-order valence-electron chi connectivity index (χ4n) is 10.6. The van der Waals surface area contributed by atoms with Gasteiger partial charge in [0.25, 0.3) is 5.56 Å². The fraction of sp³-hybridized carbons (Fsp3) is 0.452. The third kappa shape index (κ3) is 18.7. The molecule has 6 N–H and O–H groups in total. The normalized spacial score (nSPS) is 14.7. The molecule has 29 nitrogen and oxygen atoms in total. The number of nitrogens with one attached hydrogen (secondary N) is 4. The van der Waals surface area contributed by atoms with Gasteiger partial charge in [0.2, 0.25) is 54.2 Å². The van der Waals surface area contributed by atoms with Crippen LogP contribution in [0.1, 0.15) is 105 Å². The summed E-state index contributed by atoms with van der Waals surface area (Å²) in [6.07, 6.45) is 12.1. The molecule has 0 aliphatic carbocycles. The molecule has 8 rings (SSSR count). The van der Waals surface area contributed by atoms with Crippen molar-refractivity contribution < 1.29 is 69.3 Å². The van der Waals surface area contributed by atoms with Crippen LogP contribution >= 0.6 is 0 Å². The van der Waals surface area contributed by atoms with Gasteiger partial charge in [0.05, 0.1) is 67.8 Å². The predicted octanol–water partition coefficient (Wildman–Crippen LogP) is 3.34. The number of esters is 1. The number of rotatable bonds is 34. The molecule has 2 aromatic carbocycles. The molecule has 0 spiro atoms. The summed E-state index contributed by atoms with van der Waals surface area (Å²) in [4.78, 5) is 106. The lowest BCUT2D eigenvalue weighted by Crippen LogP contribution is -2.47. The van der Waals surface area contributed by atoms with E-state index in [2.05, 4.69) is 41.5 Å². The van der Waals surface area contributed by atoms with Crippen molar-refractivity contribution in [3.63, 3.8) is 0 Å². The minimum Gasteiger partial charge on any atom is -0.457 e. The van der Waals surface area contributed by atoms with Crippen LogP contribution < -0.4 is 32.6 Å². The van der Waals surface area contributed by atoms with Crippen molar-refractivity contribution >= 4 is 78.3 Å². The summed E-state index contributed by atoms with van der Waals surface area (Å²) < 4.78 is 80.9. The first-order chi connectivity index (χ1) is 44.5. The van der Waals surface area contributed by atoms with Crippen molar-refractivity contribution in [1.29, 1.82) is 0 Å². The Morgan fingerprint density at radius 1 is 0.903 bits per heavy atom. The average Bonchev–Trinajstić information content (AvgIpc) is 1.65. The molecule has 0 saturated heterocycles. The Morgan fingerprint density at radius 3 is 2.38 bits per heavy atom. The largest absolute Gasteiger partial charge is 0.510 e. The van der Waals surface area contributed by atoms with Gasteiger partial charge in [-0.15, -0.1) is 5.10 Å². The zero-order valence-electron chi connectivity index (χ0n) is 52.4. The van der Waals surface area contributed by atoms with Crippen molar-refractivity contribution in [2.75, 3.05) is 63.9 Å². The summed E-state index contributed by atoms with van der Waals surface area (Å²) in [6.45, 7) is 5.40. The van der Waals surface area contributed by atoms with E-state index in [0.29, 0.717) is 84.6 Å². The third-order valence-corrected chi connectivity index (χ3v) is 17.6. The Labute approximate surface area is 537 Å². The van der Waals surface area contributed by atoms with Crippen LogP contribution in [0, 0.1) is 0 Å². The summed E-state index contributed by atoms with van der Waals surface area (Å²) in [5.74, 6) is -2.71. The third-order valence-electron chi connectivity index (χ3n) is 15.3. The SMILES string of the molecule is CC[C@@]1(OC(=O)OCc2ccc(NC(=O)[C@H](CCCCN)NC(=O)COCC(=O)NCCOCCn3cc(CNC(=O)CCC/C=C/c4cnc(S(C)(=O)=O)nc4)nn3)cc2)C(=O)OCc2c1cc1n(c2=O)Cc2c-1nc1ccccc1c2CCN(C(C)C)S(C)(=O)=O. The zero-order valence-corrected chi connectivity index (χ0v) is 54.0. The molecule has 6 heterocycles. The molecule has 0 unspecified atom stereocenters. The van der Waals surface area contributed by atoms with Crippen LogP contribution in [-0.2, 0) is 112 Å². The van der Waals surface area contributed by atoms with Crippen LogP contribution in [0.15, 0.2) is 89.2 Å². The smallest absolute Gasteiger partial charge is 0.457 e. The predicted molar refractivity (Wildman–Crippen MR) is 338 cm³/mol. The second-order valence-electron chi connectivity index (χ2n) is 22.5. The number of anilines is 1. The Morgan fingerprint density at radius 2 is 1.66 bits per heavy atom. The maximum absolute atomic E-state index is 14.4. The van der Waals surface area contributed by atoms with Crippen LogP contribution in [-0.4, -0.2) is 162 Å². The van der Waals surface area contributed by atoms with Gasteiger partial charge in [0, 0.05) is 72.0 Å². The molecule has 0 fully saturated rings. The molecule has 0 radical (unpaired) electrons. The molecular weight excluding hydrogens is 1250 g/mol. The van der Waals surface area contributed by atoms with Crippen LogP contribution in [0.5, 0.6) is 0 Å². The number of benzene rings is 2. The number of allylic oxidation sites excluding steroid dienone is 1. The highest BCUT2D eigenvalue weighted by Crippen LogP contribution is 2.42. The summed E-state index contributed by atoms with van der Waals surface area (Å²) in [6, 6.07) is 14.1. The zero-order chi connectivity index (χ0) is 66.9. The van der Waals surface area contributed by atoms with Gasteiger partial charge >= 0.3 is 12.1 Å². The van der Waals surface area contributed by atoms with E-state index in [-0.39, 0.29) is 100 Å². The summed E-state index contributed by atoms with van der Waals surface area (Å²) in [5.41, 5.74) is 8.51. The molecular formula is C62H77N13O16S2. The standard InChI is InChI=1S/C62H77N13O16S2/c1-6-62(49-30-52-56-47(35-74(52)58(80)48(49)37-89-59(62)81)45(46-15-10-11-16-50(46)70-56)23-26-75(40(2)3)93(5,85)86)91-61(82)90-36-41-19-21-43(22-20-41)68-57(79)51(17-12-13-24-63)69-55(78)39-88-38-54(77)64-25-28-87-29-27-73-34-44(71-72-73)33-65-53(76)18-9-7-8-14-42-31-66-60(67-32-42)92(4,83)84/h8,10-11,14-16,19-22,30-32,34,40,51H,6-7,9,12-13,17-18,23-29,33,35-39,63H2,1-5H3,(H,64,77)(H,65,76)(H,68,79)(H,69,78)/b14-8+/t51-,62-/m0/s1. The number of hydrogen-bond donors (Lipinski definition) is 5. The second kappa shape index (κ2) is 32.1. The van der Waals surface area contributed by atoms with Gasteiger partial charge in [-0.3, -0.25) is 24.0 Å². The van der Waals surface area contributed by atoms with E-state index >= 15 is 0 Å². The summed E-state index contributed by atoms with van der Waals surface area (Å²) >= 11 is 0. The second-order valence-corrected chi connectivity index (χ2v) is 26.4. The van der Waals surface area contributed by atoms with Crippen molar-refractivity contribution in [2.24, 2.45) is 5.73 Å². The van der Waals surface area contributed by atoms with E-state index in [9.17, 15) is 50.4 Å². The first kappa shape index (κ1) is 70.0. The Kier molecular flexibility index (Phi) is 24.2. The van der Waals surface area contributed by atoms with Gasteiger partial charge in [-0.2, -0.15) is 4.31 Å². The number of carbonyl (C=O) groups is 6. The molecule has 0 bridgehead atoms. The van der Waals surface area contributed by atoms with Gasteiger partial charge in [-0.05, 0) is 101 Å². The minimum absolute atomic E-state index is 0.118. The first-order valence-corrected chi connectivity index (χ1v) is 34.1. The molecule has 498 valence electrons. The number of unbranched alkanes of at least 4 members (excludes halogenated alkanes) is 2. The number of nitrogens with two attached hydrogens (primary N) is 1. The molecule has 0 saturated carbocycles. The molecule has 31 heteroatoms. The number of ether oxygens (including phenoxy) is 5. The summed E-state index contributed by atoms with van der Waals surface area (Å²) in [7, 11) is -7.02. The van der Waals surface area contributed by atoms with Crippen LogP contribution in [0.3, 0.4) is 0 Å². The number of para-hydroxylation sites is 1. The van der Waals surface area contributed by atoms with E-state index in [1.165, 1.54) is 27.5 Å². The molecule has 2 atom stereocenters. The quantitative estimate of drug-likeness (QED) is 0.0219. The fourth-order valence-corrected chi connectivity index (χ4v) is 12.3. The number of hydrogen-bond acceptors (Lipinski definition) is 22. The number of sulfonamides is 1. The van der Waals surface area contributed by atoms with Crippen LogP contribution in [0.4, 0.5) is 10.5 Å². The average molecular weight is 1320 g/mol. The van der Waals surface area contributed by atoms with Gasteiger partial charge in [-0.1, -0.05) is 54.6 Å². The molecule has 4 amide bonds. The minimum atomic E-state index is -3.54. The maximum atomic E-state index is 14.4. The number of amides is 4. The Hall–Kier alpha value is -8.88. The van der Waals surface area contributed by atoms with E-state index in [4.69, 9.17) is 34.4 Å². The van der Waals surface area contributed by atoms with Crippen molar-refractivity contribution in [3.8, 4) is 11.4 Å². The van der Waals surface area contributed by atoms with Gasteiger partial charge < -0.3 is 55.3 Å². The van der Waals surface area contributed by atoms with E-state index in [1.54, 1.807) is 68.1 Å². The maximum Gasteiger partial charge on any atom is 0.510 e. The van der Waals surface area contributed by atoms with Crippen molar-refractivity contribution in [1.82, 2.24) is 54.8 Å². The lowest BCUT2D eigenvalue weighted by atomic mass is 9.85. The lowest BCUT2D eigenvalue weighted by molar-refractivity contribution is -0.175. The Balaban J connectivity index is 0.746. The molecule has 93 heavy (non-hydrogen) atoms. The molecule has 2 aliphatic rings. The highest BCUT2D eigenvalue weighted by Gasteiger charge is 2.51. The van der Waals surface area contributed by atoms with Crippen LogP contribution in [0.25, 0.3) is 28.4 Å².